The summed E-state index contributed by atoms with van der Waals surface area (Å²) < 4.78 is 6.01. The van der Waals surface area contributed by atoms with E-state index in [-0.39, 0.29) is 0 Å². The molecule has 2 nitrogen and oxygen atoms in total. The van der Waals surface area contributed by atoms with Gasteiger partial charge >= 0.3 is 0 Å². The third-order valence-electron chi connectivity index (χ3n) is 5.90. The van der Waals surface area contributed by atoms with Crippen molar-refractivity contribution in [2.45, 2.75) is 0 Å². The SMILES string of the molecule is [C-]#[N+]c1cccc(-c2ccc(-c3ccc4oc5ccccc5c4c3)c3ccccc23)c1. The van der Waals surface area contributed by atoms with Gasteiger partial charge in [0.1, 0.15) is 11.2 Å². The molecule has 0 N–H and O–H groups in total. The van der Waals surface area contributed by atoms with E-state index in [0.717, 1.165) is 38.6 Å². The van der Waals surface area contributed by atoms with Gasteiger partial charge in [0.25, 0.3) is 0 Å². The van der Waals surface area contributed by atoms with Crippen LogP contribution in [0, 0.1) is 6.57 Å². The average Bonchev–Trinajstić information content (AvgIpc) is 3.21. The van der Waals surface area contributed by atoms with Crippen LogP contribution >= 0.6 is 0 Å². The fraction of sp³-hybridized carbons (Fsp3) is 0. The number of hydrogen-bond donors (Lipinski definition) is 0. The normalized spacial score (nSPS) is 11.2. The van der Waals surface area contributed by atoms with E-state index in [2.05, 4.69) is 71.6 Å². The average molecular weight is 395 g/mol. The molecule has 0 atom stereocenters. The topological polar surface area (TPSA) is 17.5 Å². The summed E-state index contributed by atoms with van der Waals surface area (Å²) in [5.41, 5.74) is 7.02. The summed E-state index contributed by atoms with van der Waals surface area (Å²) in [5, 5.41) is 4.64. The van der Waals surface area contributed by atoms with Gasteiger partial charge in [-0.05, 0) is 57.3 Å². The van der Waals surface area contributed by atoms with E-state index in [1.807, 2.05) is 36.4 Å². The lowest BCUT2D eigenvalue weighted by atomic mass is 9.91. The molecule has 0 aliphatic rings. The molecule has 0 unspecified atom stereocenters. The number of nitrogens with zero attached hydrogens (tertiary/aromatic N) is 1. The second-order valence-electron chi connectivity index (χ2n) is 7.68. The fourth-order valence-corrected chi connectivity index (χ4v) is 4.44. The number of hydrogen-bond acceptors (Lipinski definition) is 1. The molecule has 5 aromatic carbocycles. The molecule has 2 heteroatoms. The highest BCUT2D eigenvalue weighted by Gasteiger charge is 2.12. The van der Waals surface area contributed by atoms with Gasteiger partial charge in [0, 0.05) is 10.8 Å². The molecule has 0 spiro atoms. The number of benzene rings is 5. The molecular weight excluding hydrogens is 378 g/mol. The summed E-state index contributed by atoms with van der Waals surface area (Å²) >= 11 is 0. The molecule has 0 aliphatic heterocycles. The predicted molar refractivity (Wildman–Crippen MR) is 128 cm³/mol. The van der Waals surface area contributed by atoms with Crippen LogP contribution in [0.25, 0.3) is 59.8 Å². The van der Waals surface area contributed by atoms with Crippen LogP contribution < -0.4 is 0 Å². The van der Waals surface area contributed by atoms with Crippen LogP contribution in [0.4, 0.5) is 5.69 Å². The van der Waals surface area contributed by atoms with Crippen LogP contribution in [-0.2, 0) is 0 Å². The van der Waals surface area contributed by atoms with Gasteiger partial charge in [0.2, 0.25) is 0 Å². The summed E-state index contributed by atoms with van der Waals surface area (Å²) in [5.74, 6) is 0. The molecule has 0 saturated heterocycles. The second-order valence-corrected chi connectivity index (χ2v) is 7.68. The minimum atomic E-state index is 0.656. The minimum absolute atomic E-state index is 0.656. The molecule has 0 amide bonds. The van der Waals surface area contributed by atoms with E-state index in [4.69, 9.17) is 11.0 Å². The third kappa shape index (κ3) is 2.79. The largest absolute Gasteiger partial charge is 0.456 e. The van der Waals surface area contributed by atoms with Gasteiger partial charge in [0.15, 0.2) is 5.69 Å². The van der Waals surface area contributed by atoms with Crippen LogP contribution in [0.15, 0.2) is 108 Å². The van der Waals surface area contributed by atoms with E-state index in [1.165, 1.54) is 16.3 Å². The van der Waals surface area contributed by atoms with E-state index in [9.17, 15) is 0 Å². The Balaban J connectivity index is 1.59. The monoisotopic (exact) mass is 395 g/mol. The van der Waals surface area contributed by atoms with E-state index >= 15 is 0 Å². The zero-order valence-electron chi connectivity index (χ0n) is 16.7. The molecule has 0 saturated carbocycles. The maximum Gasteiger partial charge on any atom is 0.187 e. The lowest BCUT2D eigenvalue weighted by molar-refractivity contribution is 0.669. The molecule has 0 bridgehead atoms. The Bertz CT molecular complexity index is 1650. The Morgan fingerprint density at radius 2 is 1.16 bits per heavy atom. The molecule has 1 aromatic heterocycles. The first-order valence-electron chi connectivity index (χ1n) is 10.2. The zero-order chi connectivity index (χ0) is 20.8. The molecule has 144 valence electrons. The minimum Gasteiger partial charge on any atom is -0.456 e. The highest BCUT2D eigenvalue weighted by Crippen LogP contribution is 2.38. The second kappa shape index (κ2) is 6.86. The van der Waals surface area contributed by atoms with Gasteiger partial charge in [-0.2, -0.15) is 0 Å². The van der Waals surface area contributed by atoms with Gasteiger partial charge in [-0.1, -0.05) is 78.9 Å². The molecule has 0 aliphatic carbocycles. The first kappa shape index (κ1) is 17.5. The van der Waals surface area contributed by atoms with Crippen LogP contribution in [0.1, 0.15) is 0 Å². The Morgan fingerprint density at radius 3 is 1.90 bits per heavy atom. The Morgan fingerprint density at radius 1 is 0.516 bits per heavy atom. The number of furan rings is 1. The smallest absolute Gasteiger partial charge is 0.187 e. The van der Waals surface area contributed by atoms with Gasteiger partial charge in [-0.15, -0.1) is 0 Å². The van der Waals surface area contributed by atoms with Gasteiger partial charge in [0.05, 0.1) is 6.57 Å². The molecular formula is C29H17NO. The summed E-state index contributed by atoms with van der Waals surface area (Å²) in [6.07, 6.45) is 0. The molecule has 6 rings (SSSR count). The summed E-state index contributed by atoms with van der Waals surface area (Å²) in [4.78, 5) is 3.59. The van der Waals surface area contributed by atoms with Crippen molar-refractivity contribution in [3.8, 4) is 22.3 Å². The van der Waals surface area contributed by atoms with E-state index in [0.29, 0.717) is 5.69 Å². The predicted octanol–water partition coefficient (Wildman–Crippen LogP) is 8.62. The molecule has 6 aromatic rings. The number of rotatable bonds is 2. The highest BCUT2D eigenvalue weighted by atomic mass is 16.3. The van der Waals surface area contributed by atoms with Gasteiger partial charge in [-0.25, -0.2) is 4.85 Å². The molecule has 1 heterocycles. The highest BCUT2D eigenvalue weighted by molar-refractivity contribution is 6.09. The number of fused-ring (bicyclic) bond motifs is 4. The zero-order valence-corrected chi connectivity index (χ0v) is 16.7. The van der Waals surface area contributed by atoms with Crippen molar-refractivity contribution in [3.63, 3.8) is 0 Å². The first-order valence-corrected chi connectivity index (χ1v) is 10.2. The van der Waals surface area contributed by atoms with Crippen molar-refractivity contribution in [1.82, 2.24) is 0 Å². The van der Waals surface area contributed by atoms with Crippen molar-refractivity contribution in [2.24, 2.45) is 0 Å². The summed E-state index contributed by atoms with van der Waals surface area (Å²) in [7, 11) is 0. The van der Waals surface area contributed by atoms with Crippen molar-refractivity contribution < 1.29 is 4.42 Å². The van der Waals surface area contributed by atoms with E-state index in [1.54, 1.807) is 0 Å². The summed E-state index contributed by atoms with van der Waals surface area (Å²) in [6.45, 7) is 7.34. The molecule has 31 heavy (non-hydrogen) atoms. The van der Waals surface area contributed by atoms with Crippen LogP contribution in [0.3, 0.4) is 0 Å². The lowest BCUT2D eigenvalue weighted by Crippen LogP contribution is -1.86. The van der Waals surface area contributed by atoms with Crippen LogP contribution in [0.5, 0.6) is 0 Å². The maximum absolute atomic E-state index is 7.34. The first-order chi connectivity index (χ1) is 15.3. The van der Waals surface area contributed by atoms with E-state index < -0.39 is 0 Å². The third-order valence-corrected chi connectivity index (χ3v) is 5.90. The van der Waals surface area contributed by atoms with Crippen molar-refractivity contribution in [1.29, 1.82) is 0 Å². The van der Waals surface area contributed by atoms with Gasteiger partial charge < -0.3 is 4.42 Å². The molecule has 0 fully saturated rings. The fourth-order valence-electron chi connectivity index (χ4n) is 4.44. The van der Waals surface area contributed by atoms with Crippen molar-refractivity contribution >= 4 is 38.4 Å². The number of para-hydroxylation sites is 1. The quantitative estimate of drug-likeness (QED) is 0.268. The van der Waals surface area contributed by atoms with Crippen LogP contribution in [-0.4, -0.2) is 0 Å². The van der Waals surface area contributed by atoms with Crippen molar-refractivity contribution in [2.75, 3.05) is 0 Å². The Labute approximate surface area is 179 Å². The maximum atomic E-state index is 7.34. The Hall–Kier alpha value is -4.35. The van der Waals surface area contributed by atoms with Gasteiger partial charge in [-0.3, -0.25) is 0 Å². The Kier molecular flexibility index (Phi) is 3.88. The molecule has 0 radical (unpaired) electrons. The summed E-state index contributed by atoms with van der Waals surface area (Å²) in [6, 6.07) is 35.2. The van der Waals surface area contributed by atoms with Crippen molar-refractivity contribution in [3.05, 3.63) is 115 Å². The standard InChI is InChI=1S/C29H17NO/c1-30-21-8-6-7-19(17-21)22-14-15-23(25-10-3-2-9-24(22)25)20-13-16-29-27(18-20)26-11-4-5-12-28(26)31-29/h2-18H. The van der Waals surface area contributed by atoms with Crippen LogP contribution in [0.2, 0.25) is 0 Å². The lowest BCUT2D eigenvalue weighted by Gasteiger charge is -2.12.